The van der Waals surface area contributed by atoms with Gasteiger partial charge < -0.3 is 20.1 Å². The summed E-state index contributed by atoms with van der Waals surface area (Å²) in [5.74, 6) is -0.808. The molecule has 0 spiro atoms. The molecule has 1 aliphatic rings. The highest BCUT2D eigenvalue weighted by atomic mass is 19.2. The van der Waals surface area contributed by atoms with E-state index in [0.717, 1.165) is 38.1 Å². The van der Waals surface area contributed by atoms with Gasteiger partial charge in [-0.25, -0.2) is 8.78 Å². The van der Waals surface area contributed by atoms with Gasteiger partial charge in [-0.2, -0.15) is 0 Å². The monoisotopic (exact) mass is 327 g/mol. The molecule has 1 aromatic rings. The van der Waals surface area contributed by atoms with Crippen molar-refractivity contribution in [3.05, 3.63) is 29.8 Å². The standard InChI is InChI=1S/C16H23F2N3O2/c1-2-19-16(21-11-13-4-3-8-22-13)20-7-9-23-12-5-6-14(17)15(18)10-12/h5-6,10,13H,2-4,7-9,11H2,1H3,(H2,19,20,21). The number of benzene rings is 1. The molecule has 1 fully saturated rings. The summed E-state index contributed by atoms with van der Waals surface area (Å²) in [6, 6.07) is 3.48. The van der Waals surface area contributed by atoms with E-state index in [2.05, 4.69) is 15.6 Å². The van der Waals surface area contributed by atoms with Crippen LogP contribution in [0.4, 0.5) is 8.78 Å². The fraction of sp³-hybridized carbons (Fsp3) is 0.562. The van der Waals surface area contributed by atoms with Crippen LogP contribution in [0.25, 0.3) is 0 Å². The lowest BCUT2D eigenvalue weighted by Gasteiger charge is -2.13. The van der Waals surface area contributed by atoms with E-state index in [1.54, 1.807) is 0 Å². The number of rotatable bonds is 7. The van der Waals surface area contributed by atoms with Gasteiger partial charge in [0.1, 0.15) is 12.4 Å². The molecule has 2 rings (SSSR count). The Labute approximate surface area is 135 Å². The third-order valence-corrected chi connectivity index (χ3v) is 3.38. The second-order valence-corrected chi connectivity index (χ2v) is 5.21. The molecular formula is C16H23F2N3O2. The van der Waals surface area contributed by atoms with Crippen molar-refractivity contribution in [3.8, 4) is 5.75 Å². The van der Waals surface area contributed by atoms with Gasteiger partial charge in [0.2, 0.25) is 0 Å². The molecule has 1 aromatic carbocycles. The Morgan fingerprint density at radius 3 is 2.91 bits per heavy atom. The van der Waals surface area contributed by atoms with Crippen molar-refractivity contribution in [2.75, 3.05) is 32.8 Å². The van der Waals surface area contributed by atoms with Crippen LogP contribution in [0.15, 0.2) is 23.2 Å². The largest absolute Gasteiger partial charge is 0.492 e. The van der Waals surface area contributed by atoms with Crippen molar-refractivity contribution < 1.29 is 18.3 Å². The van der Waals surface area contributed by atoms with E-state index in [1.165, 1.54) is 6.07 Å². The first-order valence-corrected chi connectivity index (χ1v) is 7.90. The number of hydrogen-bond donors (Lipinski definition) is 2. The van der Waals surface area contributed by atoms with Gasteiger partial charge in [-0.15, -0.1) is 0 Å². The van der Waals surface area contributed by atoms with Crippen molar-refractivity contribution >= 4 is 5.96 Å². The zero-order valence-corrected chi connectivity index (χ0v) is 13.3. The first-order valence-electron chi connectivity index (χ1n) is 7.90. The number of nitrogens with zero attached hydrogens (tertiary/aromatic N) is 1. The van der Waals surface area contributed by atoms with Gasteiger partial charge in [-0.05, 0) is 31.9 Å². The van der Waals surface area contributed by atoms with Crippen LogP contribution < -0.4 is 15.4 Å². The summed E-state index contributed by atoms with van der Waals surface area (Å²) in [5, 5.41) is 6.27. The molecule has 0 aromatic heterocycles. The Kier molecular flexibility index (Phi) is 7.06. The lowest BCUT2D eigenvalue weighted by atomic mass is 10.2. The minimum absolute atomic E-state index is 0.198. The van der Waals surface area contributed by atoms with Gasteiger partial charge >= 0.3 is 0 Å². The van der Waals surface area contributed by atoms with Crippen molar-refractivity contribution in [2.45, 2.75) is 25.9 Å². The molecule has 0 radical (unpaired) electrons. The lowest BCUT2D eigenvalue weighted by Crippen LogP contribution is -2.39. The molecule has 128 valence electrons. The SMILES string of the molecule is CCNC(=NCC1CCCO1)NCCOc1ccc(F)c(F)c1. The van der Waals surface area contributed by atoms with Gasteiger partial charge in [0.05, 0.1) is 19.2 Å². The maximum atomic E-state index is 13.1. The summed E-state index contributed by atoms with van der Waals surface area (Å²) >= 11 is 0. The number of hydrogen-bond acceptors (Lipinski definition) is 3. The van der Waals surface area contributed by atoms with Gasteiger partial charge in [-0.3, -0.25) is 4.99 Å². The molecule has 1 unspecified atom stereocenters. The molecule has 23 heavy (non-hydrogen) atoms. The van der Waals surface area contributed by atoms with E-state index in [-0.39, 0.29) is 6.10 Å². The van der Waals surface area contributed by atoms with Crippen molar-refractivity contribution in [1.29, 1.82) is 0 Å². The molecular weight excluding hydrogens is 304 g/mol. The number of halogens is 2. The minimum Gasteiger partial charge on any atom is -0.492 e. The normalized spacial score (nSPS) is 18.0. The van der Waals surface area contributed by atoms with E-state index in [0.29, 0.717) is 31.4 Å². The van der Waals surface area contributed by atoms with Crippen molar-refractivity contribution in [2.24, 2.45) is 4.99 Å². The average Bonchev–Trinajstić information content (AvgIpc) is 3.06. The third kappa shape index (κ3) is 6.02. The maximum absolute atomic E-state index is 13.1. The number of aliphatic imine (C=N–C) groups is 1. The highest BCUT2D eigenvalue weighted by Gasteiger charge is 2.14. The summed E-state index contributed by atoms with van der Waals surface area (Å²) in [5.41, 5.74) is 0. The number of nitrogens with one attached hydrogen (secondary N) is 2. The van der Waals surface area contributed by atoms with Crippen LogP contribution in [0.3, 0.4) is 0 Å². The van der Waals surface area contributed by atoms with E-state index >= 15 is 0 Å². The van der Waals surface area contributed by atoms with E-state index in [4.69, 9.17) is 9.47 Å². The van der Waals surface area contributed by atoms with Gasteiger partial charge in [-0.1, -0.05) is 0 Å². The van der Waals surface area contributed by atoms with Crippen LogP contribution in [0.1, 0.15) is 19.8 Å². The van der Waals surface area contributed by atoms with E-state index < -0.39 is 11.6 Å². The predicted octanol–water partition coefficient (Wildman–Crippen LogP) is 2.08. The molecule has 1 heterocycles. The molecule has 0 amide bonds. The summed E-state index contributed by atoms with van der Waals surface area (Å²) in [7, 11) is 0. The minimum atomic E-state index is -0.915. The van der Waals surface area contributed by atoms with Crippen LogP contribution in [0.5, 0.6) is 5.75 Å². The first kappa shape index (κ1) is 17.5. The Hall–Kier alpha value is -1.89. The second-order valence-electron chi connectivity index (χ2n) is 5.21. The van der Waals surface area contributed by atoms with Gasteiger partial charge in [0.15, 0.2) is 17.6 Å². The molecule has 0 saturated carbocycles. The molecule has 2 N–H and O–H groups in total. The van der Waals surface area contributed by atoms with Crippen LogP contribution in [0.2, 0.25) is 0 Å². The third-order valence-electron chi connectivity index (χ3n) is 3.38. The lowest BCUT2D eigenvalue weighted by molar-refractivity contribution is 0.117. The van der Waals surface area contributed by atoms with Crippen molar-refractivity contribution in [3.63, 3.8) is 0 Å². The van der Waals surface area contributed by atoms with E-state index in [9.17, 15) is 8.78 Å². The summed E-state index contributed by atoms with van der Waals surface area (Å²) in [4.78, 5) is 4.47. The number of guanidine groups is 1. The quantitative estimate of drug-likeness (QED) is 0.457. The first-order chi connectivity index (χ1) is 11.2. The van der Waals surface area contributed by atoms with E-state index in [1.807, 2.05) is 6.92 Å². The summed E-state index contributed by atoms with van der Waals surface area (Å²) < 4.78 is 36.8. The molecule has 0 aliphatic carbocycles. The van der Waals surface area contributed by atoms with Crippen LogP contribution >= 0.6 is 0 Å². The van der Waals surface area contributed by atoms with Gasteiger partial charge in [0, 0.05) is 19.2 Å². The number of ether oxygens (including phenoxy) is 2. The smallest absolute Gasteiger partial charge is 0.191 e. The van der Waals surface area contributed by atoms with Crippen molar-refractivity contribution in [1.82, 2.24) is 10.6 Å². The fourth-order valence-electron chi connectivity index (χ4n) is 2.23. The molecule has 1 atom stereocenters. The Morgan fingerprint density at radius 2 is 2.22 bits per heavy atom. The Balaban J connectivity index is 1.72. The predicted molar refractivity (Wildman–Crippen MR) is 84.8 cm³/mol. The molecule has 1 saturated heterocycles. The molecule has 0 bridgehead atoms. The van der Waals surface area contributed by atoms with Crippen LogP contribution in [-0.2, 0) is 4.74 Å². The average molecular weight is 327 g/mol. The Morgan fingerprint density at radius 1 is 1.35 bits per heavy atom. The second kappa shape index (κ2) is 9.29. The zero-order valence-electron chi connectivity index (χ0n) is 13.3. The highest BCUT2D eigenvalue weighted by Crippen LogP contribution is 2.15. The maximum Gasteiger partial charge on any atom is 0.191 e. The van der Waals surface area contributed by atoms with Gasteiger partial charge in [0.25, 0.3) is 0 Å². The van der Waals surface area contributed by atoms with Crippen LogP contribution in [0, 0.1) is 11.6 Å². The topological polar surface area (TPSA) is 54.9 Å². The summed E-state index contributed by atoms with van der Waals surface area (Å²) in [6.45, 7) is 4.99. The van der Waals surface area contributed by atoms with Crippen LogP contribution in [-0.4, -0.2) is 44.9 Å². The fourth-order valence-corrected chi connectivity index (χ4v) is 2.23. The molecule has 5 nitrogen and oxygen atoms in total. The zero-order chi connectivity index (χ0) is 16.5. The molecule has 1 aliphatic heterocycles. The summed E-state index contributed by atoms with van der Waals surface area (Å²) in [6.07, 6.45) is 2.33. The molecule has 7 heteroatoms. The Bertz CT molecular complexity index is 520. The highest BCUT2D eigenvalue weighted by molar-refractivity contribution is 5.79.